The van der Waals surface area contributed by atoms with Crippen LogP contribution in [-0.4, -0.2) is 49.0 Å². The number of esters is 1. The van der Waals surface area contributed by atoms with E-state index in [1.165, 1.54) is 12.0 Å². The Morgan fingerprint density at radius 2 is 1.81 bits per heavy atom. The molecule has 1 aromatic rings. The van der Waals surface area contributed by atoms with Crippen molar-refractivity contribution in [3.8, 4) is 5.75 Å². The molecule has 2 aliphatic rings. The van der Waals surface area contributed by atoms with Gasteiger partial charge in [0.25, 0.3) is 0 Å². The van der Waals surface area contributed by atoms with E-state index >= 15 is 0 Å². The molecule has 2 saturated heterocycles. The molecule has 0 unspecified atom stereocenters. The standard InChI is InChI=1S/C19H24N2O5/c1-5-19(18(24)26-4)14-13(16(22)21(6-2)17(14)23)15(20-19)11-7-9-12(25-3)10-8-11/h7-10,13-15,20H,5-6H2,1-4H3/p+1/t13-,14+,15-,19+/m0/s1. The summed E-state index contributed by atoms with van der Waals surface area (Å²) in [7, 11) is 2.91. The number of quaternary nitrogens is 1. The molecule has 2 amide bonds. The molecule has 26 heavy (non-hydrogen) atoms. The topological polar surface area (TPSA) is 89.5 Å². The number of likely N-dealkylation sites (tertiary alicyclic amines) is 1. The molecule has 7 nitrogen and oxygen atoms in total. The van der Waals surface area contributed by atoms with Gasteiger partial charge >= 0.3 is 5.97 Å². The molecule has 2 heterocycles. The highest BCUT2D eigenvalue weighted by atomic mass is 16.5. The van der Waals surface area contributed by atoms with E-state index in [1.807, 2.05) is 36.5 Å². The summed E-state index contributed by atoms with van der Waals surface area (Å²) in [5.74, 6) is -1.51. The van der Waals surface area contributed by atoms with Crippen molar-refractivity contribution in [2.75, 3.05) is 20.8 Å². The molecule has 2 fully saturated rings. The van der Waals surface area contributed by atoms with Crippen molar-refractivity contribution in [2.45, 2.75) is 31.8 Å². The van der Waals surface area contributed by atoms with Crippen molar-refractivity contribution >= 4 is 17.8 Å². The molecule has 0 aliphatic carbocycles. The number of benzene rings is 1. The van der Waals surface area contributed by atoms with Crippen LogP contribution in [-0.2, 0) is 19.1 Å². The van der Waals surface area contributed by atoms with Crippen molar-refractivity contribution < 1.29 is 29.2 Å². The summed E-state index contributed by atoms with van der Waals surface area (Å²) in [5, 5.41) is 1.86. The van der Waals surface area contributed by atoms with Gasteiger partial charge in [-0.15, -0.1) is 0 Å². The van der Waals surface area contributed by atoms with Crippen LogP contribution < -0.4 is 10.1 Å². The zero-order valence-electron chi connectivity index (χ0n) is 15.5. The fourth-order valence-electron chi connectivity index (χ4n) is 4.49. The van der Waals surface area contributed by atoms with E-state index in [-0.39, 0.29) is 17.9 Å². The molecule has 7 heteroatoms. The Morgan fingerprint density at radius 1 is 1.15 bits per heavy atom. The number of rotatable bonds is 5. The van der Waals surface area contributed by atoms with Crippen LogP contribution >= 0.6 is 0 Å². The molecule has 1 aromatic carbocycles. The van der Waals surface area contributed by atoms with E-state index < -0.39 is 23.3 Å². The lowest BCUT2D eigenvalue weighted by molar-refractivity contribution is -0.734. The predicted molar refractivity (Wildman–Crippen MR) is 92.1 cm³/mol. The van der Waals surface area contributed by atoms with Crippen LogP contribution in [0.2, 0.25) is 0 Å². The third-order valence-electron chi connectivity index (χ3n) is 5.83. The third kappa shape index (κ3) is 2.41. The molecule has 0 radical (unpaired) electrons. The van der Waals surface area contributed by atoms with Crippen molar-refractivity contribution in [2.24, 2.45) is 11.8 Å². The lowest BCUT2D eigenvalue weighted by atomic mass is 9.78. The molecule has 2 N–H and O–H groups in total. The van der Waals surface area contributed by atoms with Gasteiger partial charge in [0.15, 0.2) is 0 Å². The molecule has 4 atom stereocenters. The zero-order chi connectivity index (χ0) is 19.1. The highest BCUT2D eigenvalue weighted by molar-refractivity contribution is 6.08. The molecule has 0 bridgehead atoms. The monoisotopic (exact) mass is 361 g/mol. The summed E-state index contributed by atoms with van der Waals surface area (Å²) in [4.78, 5) is 39.9. The van der Waals surface area contributed by atoms with Gasteiger partial charge < -0.3 is 14.8 Å². The van der Waals surface area contributed by atoms with Crippen molar-refractivity contribution in [1.82, 2.24) is 4.90 Å². The number of hydrogen-bond acceptors (Lipinski definition) is 5. The second kappa shape index (κ2) is 6.72. The largest absolute Gasteiger partial charge is 0.497 e. The first-order valence-corrected chi connectivity index (χ1v) is 8.88. The number of amides is 2. The maximum atomic E-state index is 13.0. The summed E-state index contributed by atoms with van der Waals surface area (Å²) in [5.41, 5.74) is -0.195. The fourth-order valence-corrected chi connectivity index (χ4v) is 4.49. The number of methoxy groups -OCH3 is 2. The lowest BCUT2D eigenvalue weighted by Crippen LogP contribution is -2.98. The number of hydrogen-bond donors (Lipinski definition) is 1. The Morgan fingerprint density at radius 3 is 2.31 bits per heavy atom. The SMILES string of the molecule is CCN1C(=O)[C@@H]2[C@H](c3ccc(OC)cc3)[NH2+][C@@](CC)(C(=O)OC)[C@H]2C1=O. The Kier molecular flexibility index (Phi) is 4.75. The fraction of sp³-hybridized carbons (Fsp3) is 0.526. The van der Waals surface area contributed by atoms with Crippen molar-refractivity contribution in [3.63, 3.8) is 0 Å². The Balaban J connectivity index is 2.10. The van der Waals surface area contributed by atoms with E-state index in [1.54, 1.807) is 14.0 Å². The van der Waals surface area contributed by atoms with Gasteiger partial charge in [-0.3, -0.25) is 14.5 Å². The van der Waals surface area contributed by atoms with E-state index in [0.29, 0.717) is 18.7 Å². The van der Waals surface area contributed by atoms with Gasteiger partial charge in [-0.1, -0.05) is 6.92 Å². The zero-order valence-corrected chi connectivity index (χ0v) is 15.5. The molecule has 0 spiro atoms. The highest BCUT2D eigenvalue weighted by Crippen LogP contribution is 2.45. The molecule has 0 aromatic heterocycles. The number of ether oxygens (including phenoxy) is 2. The molecule has 2 aliphatic heterocycles. The summed E-state index contributed by atoms with van der Waals surface area (Å²) < 4.78 is 10.2. The minimum Gasteiger partial charge on any atom is -0.497 e. The quantitative estimate of drug-likeness (QED) is 0.600. The van der Waals surface area contributed by atoms with E-state index in [2.05, 4.69) is 0 Å². The number of imide groups is 1. The van der Waals surface area contributed by atoms with Crippen LogP contribution in [0.4, 0.5) is 0 Å². The molecule has 0 saturated carbocycles. The lowest BCUT2D eigenvalue weighted by Gasteiger charge is -2.28. The molecule has 3 rings (SSSR count). The maximum absolute atomic E-state index is 13.0. The van der Waals surface area contributed by atoms with Gasteiger partial charge in [-0.05, 0) is 31.2 Å². The minimum absolute atomic E-state index is 0.209. The number of nitrogens with two attached hydrogens (primary N) is 1. The van der Waals surface area contributed by atoms with Gasteiger partial charge in [0.1, 0.15) is 23.6 Å². The van der Waals surface area contributed by atoms with Gasteiger partial charge in [0.2, 0.25) is 17.4 Å². The van der Waals surface area contributed by atoms with E-state index in [4.69, 9.17) is 9.47 Å². The smallest absolute Gasteiger partial charge is 0.368 e. The minimum atomic E-state index is -1.08. The first kappa shape index (κ1) is 18.4. The van der Waals surface area contributed by atoms with Gasteiger partial charge in [-0.25, -0.2) is 4.79 Å². The number of carbonyl (C=O) groups excluding carboxylic acids is 3. The summed E-state index contributed by atoms with van der Waals surface area (Å²) in [6, 6.07) is 7.08. The highest BCUT2D eigenvalue weighted by Gasteiger charge is 2.71. The second-order valence-electron chi connectivity index (χ2n) is 6.78. The molecular formula is C19H25N2O5+. The van der Waals surface area contributed by atoms with Crippen LogP contribution in [0.1, 0.15) is 31.9 Å². The third-order valence-corrected chi connectivity index (χ3v) is 5.83. The van der Waals surface area contributed by atoms with Gasteiger partial charge in [-0.2, -0.15) is 0 Å². The average molecular weight is 361 g/mol. The summed E-state index contributed by atoms with van der Waals surface area (Å²) >= 11 is 0. The second-order valence-corrected chi connectivity index (χ2v) is 6.78. The van der Waals surface area contributed by atoms with Gasteiger partial charge in [0.05, 0.1) is 14.2 Å². The normalized spacial score (nSPS) is 30.5. The van der Waals surface area contributed by atoms with Crippen LogP contribution in [0.15, 0.2) is 24.3 Å². The van der Waals surface area contributed by atoms with Crippen LogP contribution in [0.5, 0.6) is 5.75 Å². The van der Waals surface area contributed by atoms with Crippen molar-refractivity contribution in [1.29, 1.82) is 0 Å². The molecule has 140 valence electrons. The molecular weight excluding hydrogens is 336 g/mol. The van der Waals surface area contributed by atoms with E-state index in [0.717, 1.165) is 5.56 Å². The van der Waals surface area contributed by atoms with Crippen LogP contribution in [0.25, 0.3) is 0 Å². The first-order chi connectivity index (χ1) is 12.4. The number of fused-ring (bicyclic) bond motifs is 1. The number of nitrogens with zero attached hydrogens (tertiary/aromatic N) is 1. The predicted octanol–water partition coefficient (Wildman–Crippen LogP) is 0.256. The Labute approximate surface area is 152 Å². The average Bonchev–Trinajstić information content (AvgIpc) is 3.15. The van der Waals surface area contributed by atoms with Crippen molar-refractivity contribution in [3.05, 3.63) is 29.8 Å². The van der Waals surface area contributed by atoms with Crippen LogP contribution in [0, 0.1) is 11.8 Å². The number of carbonyl (C=O) groups is 3. The summed E-state index contributed by atoms with van der Waals surface area (Å²) in [6.07, 6.45) is 0.407. The van der Waals surface area contributed by atoms with Gasteiger partial charge in [0, 0.05) is 18.5 Å². The Hall–Kier alpha value is -2.41. The summed E-state index contributed by atoms with van der Waals surface area (Å²) in [6.45, 7) is 3.93. The van der Waals surface area contributed by atoms with E-state index in [9.17, 15) is 14.4 Å². The van der Waals surface area contributed by atoms with Crippen LogP contribution in [0.3, 0.4) is 0 Å². The Bertz CT molecular complexity index is 732. The first-order valence-electron chi connectivity index (χ1n) is 8.88. The maximum Gasteiger partial charge on any atom is 0.368 e.